The van der Waals surface area contributed by atoms with Gasteiger partial charge in [0.2, 0.25) is 11.9 Å². The molecule has 5 N–H and O–H groups in total. The Labute approximate surface area is 178 Å². The number of hydrogen-bond acceptors (Lipinski definition) is 7. The molecule has 3 saturated carbocycles. The van der Waals surface area contributed by atoms with Gasteiger partial charge < -0.3 is 25.5 Å². The number of aliphatic hydroxyl groups excluding tert-OH is 3. The number of halogens is 1. The summed E-state index contributed by atoms with van der Waals surface area (Å²) in [7, 11) is 0. The van der Waals surface area contributed by atoms with Crippen molar-refractivity contribution in [3.05, 3.63) is 23.8 Å². The maximum absolute atomic E-state index is 16.9. The van der Waals surface area contributed by atoms with E-state index in [1.165, 1.54) is 25.2 Å². The smallest absolute Gasteiger partial charge is 0.340 e. The predicted molar refractivity (Wildman–Crippen MR) is 103 cm³/mol. The number of aliphatic carboxylic acids is 1. The second-order valence-corrected chi connectivity index (χ2v) is 9.89. The van der Waals surface area contributed by atoms with Crippen LogP contribution in [0.5, 0.6) is 0 Å². The molecule has 0 amide bonds. The van der Waals surface area contributed by atoms with Crippen LogP contribution in [0.4, 0.5) is 4.39 Å². The highest BCUT2D eigenvalue weighted by molar-refractivity contribution is 6.06. The molecular weight excluding hydrogens is 411 g/mol. The van der Waals surface area contributed by atoms with Crippen molar-refractivity contribution in [1.82, 2.24) is 0 Å². The summed E-state index contributed by atoms with van der Waals surface area (Å²) in [5.41, 5.74) is -7.16. The Hall–Kier alpha value is -1.94. The summed E-state index contributed by atoms with van der Waals surface area (Å²) in [4.78, 5) is 35.8. The Bertz CT molecular complexity index is 928. The minimum Gasteiger partial charge on any atom is -0.479 e. The van der Waals surface area contributed by atoms with Crippen LogP contribution in [-0.4, -0.2) is 72.7 Å². The molecule has 0 bridgehead atoms. The maximum atomic E-state index is 16.9. The van der Waals surface area contributed by atoms with Crippen molar-refractivity contribution in [3.8, 4) is 0 Å². The third-order valence-electron chi connectivity index (χ3n) is 8.72. The minimum atomic E-state index is -2.66. The fourth-order valence-corrected chi connectivity index (χ4v) is 6.99. The minimum absolute atomic E-state index is 0.189. The van der Waals surface area contributed by atoms with Crippen LogP contribution in [0.1, 0.15) is 39.5 Å². The molecule has 0 heterocycles. The molecule has 8 nitrogen and oxygen atoms in total. The first kappa shape index (κ1) is 22.3. The lowest BCUT2D eigenvalue weighted by Crippen LogP contribution is -2.70. The van der Waals surface area contributed by atoms with Gasteiger partial charge in [-0.25, -0.2) is 9.18 Å². The average molecular weight is 438 g/mol. The van der Waals surface area contributed by atoms with Crippen LogP contribution in [-0.2, 0) is 14.4 Å². The van der Waals surface area contributed by atoms with Gasteiger partial charge in [-0.05, 0) is 50.7 Å². The zero-order chi connectivity index (χ0) is 23.1. The Kier molecular flexibility index (Phi) is 4.69. The summed E-state index contributed by atoms with van der Waals surface area (Å²) in [5.74, 6) is -5.24. The topological polar surface area (TPSA) is 152 Å². The molecular formula is C22H27FO8. The number of rotatable bonds is 3. The van der Waals surface area contributed by atoms with Gasteiger partial charge in [0.1, 0.15) is 0 Å². The average Bonchev–Trinajstić information content (AvgIpc) is 2.90. The first-order valence-corrected chi connectivity index (χ1v) is 10.4. The van der Waals surface area contributed by atoms with E-state index in [1.54, 1.807) is 6.92 Å². The Balaban J connectivity index is 1.81. The first-order valence-electron chi connectivity index (χ1n) is 10.4. The normalized spacial score (nSPS) is 49.5. The fraction of sp³-hybridized carbons (Fsp3) is 0.682. The fourth-order valence-electron chi connectivity index (χ4n) is 6.99. The van der Waals surface area contributed by atoms with E-state index in [-0.39, 0.29) is 18.6 Å². The van der Waals surface area contributed by atoms with E-state index in [0.29, 0.717) is 12.0 Å². The molecule has 0 aromatic carbocycles. The zero-order valence-corrected chi connectivity index (χ0v) is 17.3. The molecule has 4 aliphatic carbocycles. The van der Waals surface area contributed by atoms with E-state index < -0.39 is 70.4 Å². The molecule has 0 saturated heterocycles. The van der Waals surface area contributed by atoms with Crippen LogP contribution in [0.3, 0.4) is 0 Å². The second kappa shape index (κ2) is 6.54. The number of carbonyl (C=O) groups excluding carboxylic acids is 2. The largest absolute Gasteiger partial charge is 0.479 e. The third kappa shape index (κ3) is 2.46. The number of ketones is 2. The van der Waals surface area contributed by atoms with Gasteiger partial charge in [-0.1, -0.05) is 18.6 Å². The maximum Gasteiger partial charge on any atom is 0.340 e. The zero-order valence-electron chi connectivity index (χ0n) is 17.3. The summed E-state index contributed by atoms with van der Waals surface area (Å²) in [6, 6.07) is 0. The number of carboxylic acid groups (broad SMARTS) is 1. The van der Waals surface area contributed by atoms with Crippen molar-refractivity contribution >= 4 is 17.5 Å². The molecule has 0 radical (unpaired) electrons. The van der Waals surface area contributed by atoms with Crippen molar-refractivity contribution in [2.75, 3.05) is 0 Å². The summed E-state index contributed by atoms with van der Waals surface area (Å²) in [6.45, 7) is 3.04. The van der Waals surface area contributed by atoms with Gasteiger partial charge in [0, 0.05) is 16.7 Å². The lowest BCUT2D eigenvalue weighted by Gasteiger charge is -2.62. The molecule has 0 aliphatic heterocycles. The van der Waals surface area contributed by atoms with E-state index in [1.807, 2.05) is 0 Å². The highest BCUT2D eigenvalue weighted by atomic mass is 19.1. The van der Waals surface area contributed by atoms with Gasteiger partial charge >= 0.3 is 5.97 Å². The van der Waals surface area contributed by atoms with Crippen molar-refractivity contribution in [2.45, 2.75) is 69.1 Å². The van der Waals surface area contributed by atoms with Crippen molar-refractivity contribution in [1.29, 1.82) is 0 Å². The van der Waals surface area contributed by atoms with Crippen LogP contribution >= 0.6 is 0 Å². The van der Waals surface area contributed by atoms with E-state index in [9.17, 15) is 34.8 Å². The number of carbonyl (C=O) groups is 3. The highest BCUT2D eigenvalue weighted by Crippen LogP contribution is 2.69. The predicted octanol–water partition coefficient (Wildman–Crippen LogP) is 0.0737. The molecule has 9 heteroatoms. The molecule has 4 rings (SSSR count). The lowest BCUT2D eigenvalue weighted by atomic mass is 9.44. The van der Waals surface area contributed by atoms with Gasteiger partial charge in [0.05, 0.1) is 12.2 Å². The Morgan fingerprint density at radius 1 is 1.19 bits per heavy atom. The van der Waals surface area contributed by atoms with E-state index in [2.05, 4.69) is 0 Å². The van der Waals surface area contributed by atoms with Crippen molar-refractivity contribution in [2.24, 2.45) is 22.7 Å². The van der Waals surface area contributed by atoms with E-state index >= 15 is 4.39 Å². The number of Topliss-reactive ketones (excluding diaryl/α,β-unsaturated/α-hetero) is 1. The summed E-state index contributed by atoms with van der Waals surface area (Å²) in [6.07, 6.45) is -1.90. The van der Waals surface area contributed by atoms with Gasteiger partial charge in [-0.15, -0.1) is 0 Å². The van der Waals surface area contributed by atoms with E-state index in [4.69, 9.17) is 5.11 Å². The number of aliphatic hydroxyl groups is 4. The molecule has 2 unspecified atom stereocenters. The van der Waals surface area contributed by atoms with Crippen molar-refractivity contribution < 1.29 is 44.3 Å². The number of allylic oxidation sites excluding steroid dienone is 4. The van der Waals surface area contributed by atoms with Crippen molar-refractivity contribution in [3.63, 3.8) is 0 Å². The third-order valence-corrected chi connectivity index (χ3v) is 8.72. The highest BCUT2D eigenvalue weighted by Gasteiger charge is 2.76. The van der Waals surface area contributed by atoms with Gasteiger partial charge in [-0.3, -0.25) is 9.59 Å². The Morgan fingerprint density at radius 2 is 1.84 bits per heavy atom. The number of alkyl halides is 1. The quantitative estimate of drug-likeness (QED) is 0.388. The molecule has 3 fully saturated rings. The summed E-state index contributed by atoms with van der Waals surface area (Å²) in [5, 5.41) is 51.9. The molecule has 9 atom stereocenters. The second-order valence-electron chi connectivity index (χ2n) is 9.89. The number of fused-ring (bicyclic) bond motifs is 5. The molecule has 0 aromatic heterocycles. The standard InChI is InChI=1S/C22H27FO8/c1-19-6-5-11(24)7-10(19)3-4-12-13-8-14(25)22(31,17(28)16(27)18(29)30)20(13,2)9-15(26)21(12,19)23/h5-7,12-16,25-27,31H,3-4,8-9H2,1-2H3,(H,29,30)/t12-,13-,14+,15-,16?,19-,20-,21-,22?/m0/s1. The van der Waals surface area contributed by atoms with Crippen LogP contribution in [0.15, 0.2) is 23.8 Å². The van der Waals surface area contributed by atoms with Gasteiger partial charge in [0.25, 0.3) is 0 Å². The van der Waals surface area contributed by atoms with Gasteiger partial charge in [-0.2, -0.15) is 0 Å². The Morgan fingerprint density at radius 3 is 2.45 bits per heavy atom. The van der Waals surface area contributed by atoms with Crippen LogP contribution < -0.4 is 0 Å². The summed E-state index contributed by atoms with van der Waals surface area (Å²) >= 11 is 0. The SMILES string of the molecule is C[C@]12C[C@H](O)[C@@]3(F)[C@@H](CCC4=CC(=O)C=C[C@@]43C)[C@@H]1C[C@@H](O)C2(O)C(=O)C(O)C(=O)O. The summed E-state index contributed by atoms with van der Waals surface area (Å²) < 4.78 is 16.9. The lowest BCUT2D eigenvalue weighted by molar-refractivity contribution is -0.224. The number of carboxylic acids is 1. The van der Waals surface area contributed by atoms with Gasteiger partial charge in [0.15, 0.2) is 17.1 Å². The molecule has 4 aliphatic rings. The van der Waals surface area contributed by atoms with E-state index in [0.717, 1.165) is 0 Å². The molecule has 170 valence electrons. The molecule has 31 heavy (non-hydrogen) atoms. The van der Waals surface area contributed by atoms with Crippen LogP contribution in [0, 0.1) is 22.7 Å². The monoisotopic (exact) mass is 438 g/mol. The molecule has 0 aromatic rings. The number of hydrogen-bond donors (Lipinski definition) is 5. The van der Waals surface area contributed by atoms with Crippen LogP contribution in [0.25, 0.3) is 0 Å². The van der Waals surface area contributed by atoms with Crippen LogP contribution in [0.2, 0.25) is 0 Å². The molecule has 0 spiro atoms. The first-order chi connectivity index (χ1) is 14.2.